The number of amides is 2. The van der Waals surface area contributed by atoms with Crippen LogP contribution in [-0.2, 0) is 0 Å². The minimum atomic E-state index is -1.22. The Morgan fingerprint density at radius 1 is 1.35 bits per heavy atom. The molecule has 122 valence electrons. The number of carboxylic acid groups (broad SMARTS) is 1. The maximum atomic E-state index is 11.9. The van der Waals surface area contributed by atoms with Crippen LogP contribution in [-0.4, -0.2) is 30.3 Å². The lowest BCUT2D eigenvalue weighted by Gasteiger charge is -2.14. The molecule has 2 aromatic rings. The van der Waals surface area contributed by atoms with E-state index in [1.807, 2.05) is 24.3 Å². The van der Waals surface area contributed by atoms with Gasteiger partial charge in [0.25, 0.3) is 0 Å². The zero-order chi connectivity index (χ0) is 16.8. The molecule has 0 aliphatic rings. The van der Waals surface area contributed by atoms with Crippen LogP contribution in [0.3, 0.4) is 0 Å². The zero-order valence-corrected chi connectivity index (χ0v) is 14.8. The van der Waals surface area contributed by atoms with Gasteiger partial charge in [0.05, 0.1) is 12.2 Å². The zero-order valence-electron chi connectivity index (χ0n) is 11.7. The fraction of sp³-hybridized carbons (Fsp3) is 0.143. The van der Waals surface area contributed by atoms with Crippen molar-refractivity contribution in [3.63, 3.8) is 0 Å². The van der Waals surface area contributed by atoms with Gasteiger partial charge in [-0.3, -0.25) is 0 Å². The Morgan fingerprint density at radius 3 is 2.65 bits per heavy atom. The first-order chi connectivity index (χ1) is 11.0. The van der Waals surface area contributed by atoms with Gasteiger partial charge in [-0.05, 0) is 46.9 Å². The molecular weight excluding hydrogens is 435 g/mol. The number of halogens is 1. The first-order valence-electron chi connectivity index (χ1n) is 6.44. The third kappa shape index (κ3) is 5.06. The van der Waals surface area contributed by atoms with E-state index in [0.717, 1.165) is 14.1 Å². The number of thiol groups is 1. The van der Waals surface area contributed by atoms with Crippen LogP contribution in [0.25, 0.3) is 0 Å². The van der Waals surface area contributed by atoms with Gasteiger partial charge in [0.1, 0.15) is 18.6 Å². The van der Waals surface area contributed by atoms with Gasteiger partial charge in [-0.2, -0.15) is 0 Å². The van der Waals surface area contributed by atoms with Crippen molar-refractivity contribution >= 4 is 53.1 Å². The predicted molar refractivity (Wildman–Crippen MR) is 95.2 cm³/mol. The van der Waals surface area contributed by atoms with E-state index in [0.29, 0.717) is 12.4 Å². The van der Waals surface area contributed by atoms with Crippen molar-refractivity contribution in [2.75, 3.05) is 17.5 Å². The van der Waals surface area contributed by atoms with Gasteiger partial charge >= 0.3 is 12.0 Å². The van der Waals surface area contributed by atoms with Crippen molar-refractivity contribution in [1.82, 2.24) is 5.32 Å². The highest BCUT2D eigenvalue weighted by molar-refractivity contribution is 14.1. The second-order valence-electron chi connectivity index (χ2n) is 4.32. The molecule has 0 unspecified atom stereocenters. The van der Waals surface area contributed by atoms with Crippen LogP contribution in [0.2, 0.25) is 0 Å². The van der Waals surface area contributed by atoms with Crippen LogP contribution in [0.5, 0.6) is 5.75 Å². The molecule has 9 heteroatoms. The summed E-state index contributed by atoms with van der Waals surface area (Å²) in [6.45, 7) is 0.561. The molecule has 0 aliphatic heterocycles. The molecule has 1 aromatic carbocycles. The summed E-state index contributed by atoms with van der Waals surface area (Å²) in [7, 11) is 0. The summed E-state index contributed by atoms with van der Waals surface area (Å²) in [4.78, 5) is 22.6. The van der Waals surface area contributed by atoms with Gasteiger partial charge in [0, 0.05) is 9.64 Å². The first kappa shape index (κ1) is 17.5. The van der Waals surface area contributed by atoms with E-state index in [2.05, 4.69) is 40.7 Å². The van der Waals surface area contributed by atoms with Crippen molar-refractivity contribution in [3.8, 4) is 5.75 Å². The maximum Gasteiger partial charge on any atom is 0.371 e. The average molecular weight is 448 g/mol. The van der Waals surface area contributed by atoms with Crippen molar-refractivity contribution in [2.24, 2.45) is 0 Å². The summed E-state index contributed by atoms with van der Waals surface area (Å²) in [5.74, 6) is -0.776. The lowest BCUT2D eigenvalue weighted by Crippen LogP contribution is -2.36. The van der Waals surface area contributed by atoms with Gasteiger partial charge in [-0.1, -0.05) is 12.8 Å². The monoisotopic (exact) mass is 448 g/mol. The molecule has 0 atom stereocenters. The Kier molecular flexibility index (Phi) is 6.16. The number of carbonyl (C=O) groups is 2. The third-order valence-corrected chi connectivity index (χ3v) is 3.83. The molecule has 1 aromatic heterocycles. The number of hydrogen-bond acceptors (Lipinski definition) is 5. The number of nitrogens with zero attached hydrogens (tertiary/aromatic N) is 1. The summed E-state index contributed by atoms with van der Waals surface area (Å²) in [6.07, 6.45) is 1.14. The van der Waals surface area contributed by atoms with Crippen LogP contribution in [0.4, 0.5) is 10.5 Å². The quantitative estimate of drug-likeness (QED) is 0.359. The van der Waals surface area contributed by atoms with E-state index in [-0.39, 0.29) is 18.0 Å². The Morgan fingerprint density at radius 2 is 2.04 bits per heavy atom. The molecular formula is C14H13IN2O5S. The second-order valence-corrected chi connectivity index (χ2v) is 5.97. The van der Waals surface area contributed by atoms with Crippen LogP contribution in [0, 0.1) is 3.57 Å². The smallest absolute Gasteiger partial charge is 0.371 e. The summed E-state index contributed by atoms with van der Waals surface area (Å²) >= 11 is 6.20. The number of benzene rings is 1. The van der Waals surface area contributed by atoms with E-state index < -0.39 is 12.0 Å². The van der Waals surface area contributed by atoms with Crippen LogP contribution < -0.4 is 14.4 Å². The Balaban J connectivity index is 1.77. The largest absolute Gasteiger partial charge is 0.492 e. The predicted octanol–water partition coefficient (Wildman–Crippen LogP) is 3.02. The van der Waals surface area contributed by atoms with Gasteiger partial charge in [0.2, 0.25) is 5.76 Å². The van der Waals surface area contributed by atoms with Crippen LogP contribution in [0.15, 0.2) is 41.0 Å². The number of aromatic carboxylic acids is 1. The van der Waals surface area contributed by atoms with E-state index in [9.17, 15) is 9.59 Å². The van der Waals surface area contributed by atoms with E-state index >= 15 is 0 Å². The molecule has 1 heterocycles. The molecule has 0 radical (unpaired) electrons. The number of urea groups is 1. The highest BCUT2D eigenvalue weighted by Gasteiger charge is 2.17. The molecule has 2 amide bonds. The minimum absolute atomic E-state index is 0.224. The molecule has 0 spiro atoms. The highest BCUT2D eigenvalue weighted by Crippen LogP contribution is 2.20. The fourth-order valence-corrected chi connectivity index (χ4v) is 2.13. The fourth-order valence-electron chi connectivity index (χ4n) is 1.60. The number of nitrogens with one attached hydrogen (secondary N) is 1. The topological polar surface area (TPSA) is 92.0 Å². The lowest BCUT2D eigenvalue weighted by molar-refractivity contribution is 0.0662. The Hall–Kier alpha value is -1.88. The molecule has 0 fully saturated rings. The van der Waals surface area contributed by atoms with Crippen molar-refractivity contribution < 1.29 is 23.8 Å². The number of anilines is 1. The van der Waals surface area contributed by atoms with Crippen molar-refractivity contribution in [2.45, 2.75) is 0 Å². The van der Waals surface area contributed by atoms with Crippen LogP contribution >= 0.6 is 35.4 Å². The number of ether oxygens (including phenoxy) is 1. The van der Waals surface area contributed by atoms with Gasteiger partial charge in [-0.15, -0.1) is 0 Å². The summed E-state index contributed by atoms with van der Waals surface area (Å²) in [5, 5.41) is 11.4. The first-order valence-corrected chi connectivity index (χ1v) is 7.92. The molecule has 0 saturated heterocycles. The number of rotatable bonds is 6. The van der Waals surface area contributed by atoms with E-state index in [1.165, 1.54) is 6.07 Å². The van der Waals surface area contributed by atoms with Gasteiger partial charge in [-0.25, -0.2) is 13.9 Å². The van der Waals surface area contributed by atoms with E-state index in [4.69, 9.17) is 14.3 Å². The SMILES string of the molecule is O=C(O)c1cc(N(S)C(=O)NCCOc2ccc(I)cc2)co1. The second kappa shape index (κ2) is 8.11. The van der Waals surface area contributed by atoms with Gasteiger partial charge < -0.3 is 19.6 Å². The normalized spacial score (nSPS) is 10.2. The molecule has 2 N–H and O–H groups in total. The lowest BCUT2D eigenvalue weighted by atomic mass is 10.3. The summed E-state index contributed by atoms with van der Waals surface area (Å²) in [5.41, 5.74) is 0.224. The summed E-state index contributed by atoms with van der Waals surface area (Å²) in [6, 6.07) is 8.21. The Labute approximate surface area is 151 Å². The van der Waals surface area contributed by atoms with Gasteiger partial charge in [0.15, 0.2) is 0 Å². The molecule has 23 heavy (non-hydrogen) atoms. The maximum absolute atomic E-state index is 11.9. The number of carboxylic acids is 1. The number of furan rings is 1. The molecule has 0 saturated carbocycles. The average Bonchev–Trinajstić information content (AvgIpc) is 3.02. The number of carbonyl (C=O) groups excluding carboxylic acids is 1. The van der Waals surface area contributed by atoms with Crippen molar-refractivity contribution in [1.29, 1.82) is 0 Å². The Bertz CT molecular complexity index is 689. The van der Waals surface area contributed by atoms with E-state index in [1.54, 1.807) is 0 Å². The number of hydrogen-bond donors (Lipinski definition) is 3. The standard InChI is InChI=1S/C14H13IN2O5S/c15-9-1-3-11(4-2-9)21-6-5-16-14(20)17(23)10-7-12(13(18)19)22-8-10/h1-4,7-8,23H,5-6H2,(H,16,20)(H,18,19). The van der Waals surface area contributed by atoms with Crippen LogP contribution in [0.1, 0.15) is 10.6 Å². The highest BCUT2D eigenvalue weighted by atomic mass is 127. The molecule has 7 nitrogen and oxygen atoms in total. The third-order valence-electron chi connectivity index (χ3n) is 2.69. The molecule has 0 aliphatic carbocycles. The van der Waals surface area contributed by atoms with Crippen molar-refractivity contribution in [3.05, 3.63) is 45.9 Å². The molecule has 2 rings (SSSR count). The minimum Gasteiger partial charge on any atom is -0.492 e. The summed E-state index contributed by atoms with van der Waals surface area (Å²) < 4.78 is 12.3. The molecule has 0 bridgehead atoms.